The zero-order chi connectivity index (χ0) is 11.0. The highest BCUT2D eigenvalue weighted by molar-refractivity contribution is 7.17. The molecule has 3 aromatic heterocycles. The molecule has 0 spiro atoms. The van der Waals surface area contributed by atoms with Crippen LogP contribution in [-0.4, -0.2) is 15.0 Å². The Hall–Kier alpha value is -2.01. The third-order valence-electron chi connectivity index (χ3n) is 2.23. The van der Waals surface area contributed by atoms with Crippen LogP contribution in [-0.2, 0) is 0 Å². The van der Waals surface area contributed by atoms with Crippen LogP contribution < -0.4 is 5.73 Å². The third-order valence-corrected chi connectivity index (χ3v) is 3.09. The molecular formula is C11H8N4S. The second-order valence-corrected chi connectivity index (χ2v) is 4.32. The predicted octanol–water partition coefficient (Wildman–Crippen LogP) is 2.34. The smallest absolute Gasteiger partial charge is 0.160 e. The van der Waals surface area contributed by atoms with Crippen LogP contribution in [0.25, 0.3) is 21.6 Å². The van der Waals surface area contributed by atoms with Gasteiger partial charge in [0.25, 0.3) is 0 Å². The number of anilines is 1. The van der Waals surface area contributed by atoms with Gasteiger partial charge in [-0.25, -0.2) is 9.97 Å². The lowest BCUT2D eigenvalue weighted by atomic mass is 10.2. The van der Waals surface area contributed by atoms with E-state index in [1.165, 1.54) is 0 Å². The van der Waals surface area contributed by atoms with Crippen molar-refractivity contribution in [2.45, 2.75) is 0 Å². The van der Waals surface area contributed by atoms with Crippen molar-refractivity contribution in [3.05, 3.63) is 36.1 Å². The lowest BCUT2D eigenvalue weighted by molar-refractivity contribution is 1.17. The maximum absolute atomic E-state index is 5.54. The molecule has 2 N–H and O–H groups in total. The summed E-state index contributed by atoms with van der Waals surface area (Å²) in [7, 11) is 0. The van der Waals surface area contributed by atoms with E-state index in [1.54, 1.807) is 29.9 Å². The summed E-state index contributed by atoms with van der Waals surface area (Å²) in [5, 5.41) is 2.02. The molecule has 0 aliphatic rings. The summed E-state index contributed by atoms with van der Waals surface area (Å²) in [6.45, 7) is 0. The summed E-state index contributed by atoms with van der Waals surface area (Å²) in [4.78, 5) is 12.7. The summed E-state index contributed by atoms with van der Waals surface area (Å²) in [5.74, 6) is 0.650. The fourth-order valence-corrected chi connectivity index (χ4v) is 2.24. The lowest BCUT2D eigenvalue weighted by Gasteiger charge is -1.99. The average Bonchev–Trinajstić information content (AvgIpc) is 2.77. The molecule has 3 aromatic rings. The molecule has 16 heavy (non-hydrogen) atoms. The van der Waals surface area contributed by atoms with Crippen molar-refractivity contribution in [2.75, 3.05) is 5.73 Å². The van der Waals surface area contributed by atoms with Crippen molar-refractivity contribution in [1.29, 1.82) is 0 Å². The molecule has 0 aliphatic heterocycles. The molecule has 0 saturated carbocycles. The van der Waals surface area contributed by atoms with Gasteiger partial charge in [0.1, 0.15) is 0 Å². The summed E-state index contributed by atoms with van der Waals surface area (Å²) in [5.41, 5.74) is 8.02. The van der Waals surface area contributed by atoms with Gasteiger partial charge in [-0.2, -0.15) is 0 Å². The van der Waals surface area contributed by atoms with Crippen LogP contribution in [0.4, 0.5) is 5.69 Å². The van der Waals surface area contributed by atoms with E-state index in [9.17, 15) is 0 Å². The van der Waals surface area contributed by atoms with Gasteiger partial charge in [0, 0.05) is 11.8 Å². The minimum atomic E-state index is 0.564. The number of nitrogens with zero attached hydrogens (tertiary/aromatic N) is 3. The first-order valence-corrected chi connectivity index (χ1v) is 5.62. The van der Waals surface area contributed by atoms with Crippen LogP contribution in [0.2, 0.25) is 0 Å². The Morgan fingerprint density at radius 2 is 1.88 bits per heavy atom. The number of pyridine rings is 1. The minimum Gasteiger partial charge on any atom is -0.396 e. The summed E-state index contributed by atoms with van der Waals surface area (Å²) >= 11 is 1.66. The third kappa shape index (κ3) is 1.51. The molecule has 0 bridgehead atoms. The molecule has 0 saturated heterocycles. The Balaban J connectivity index is 2.14. The van der Waals surface area contributed by atoms with E-state index in [0.717, 1.165) is 15.8 Å². The van der Waals surface area contributed by atoms with E-state index in [4.69, 9.17) is 5.73 Å². The minimum absolute atomic E-state index is 0.564. The van der Waals surface area contributed by atoms with Crippen molar-refractivity contribution in [3.8, 4) is 11.4 Å². The molecule has 5 heteroatoms. The molecule has 0 aromatic carbocycles. The predicted molar refractivity (Wildman–Crippen MR) is 65.1 cm³/mol. The Labute approximate surface area is 95.8 Å². The van der Waals surface area contributed by atoms with E-state index in [-0.39, 0.29) is 0 Å². The van der Waals surface area contributed by atoms with Crippen LogP contribution in [0, 0.1) is 0 Å². The molecule has 3 rings (SSSR count). The van der Waals surface area contributed by atoms with Crippen LogP contribution >= 0.6 is 11.3 Å². The maximum Gasteiger partial charge on any atom is 0.160 e. The second kappa shape index (κ2) is 3.53. The normalized spacial score (nSPS) is 10.8. The van der Waals surface area contributed by atoms with E-state index in [2.05, 4.69) is 15.0 Å². The molecule has 0 aliphatic carbocycles. The largest absolute Gasteiger partial charge is 0.396 e. The summed E-state index contributed by atoms with van der Waals surface area (Å²) in [6, 6.07) is 4.03. The first-order chi connectivity index (χ1) is 7.83. The lowest BCUT2D eigenvalue weighted by Crippen LogP contribution is -1.92. The van der Waals surface area contributed by atoms with Gasteiger partial charge in [-0.1, -0.05) is 0 Å². The highest BCUT2D eigenvalue weighted by atomic mass is 32.1. The van der Waals surface area contributed by atoms with E-state index in [1.807, 2.05) is 17.5 Å². The van der Waals surface area contributed by atoms with Gasteiger partial charge in [-0.3, -0.25) is 4.98 Å². The van der Waals surface area contributed by atoms with Crippen molar-refractivity contribution in [1.82, 2.24) is 15.0 Å². The van der Waals surface area contributed by atoms with Gasteiger partial charge in [0.2, 0.25) is 0 Å². The number of fused-ring (bicyclic) bond motifs is 1. The highest BCUT2D eigenvalue weighted by Crippen LogP contribution is 2.23. The zero-order valence-corrected chi connectivity index (χ0v) is 9.11. The van der Waals surface area contributed by atoms with Crippen molar-refractivity contribution in [2.24, 2.45) is 0 Å². The quantitative estimate of drug-likeness (QED) is 0.694. The Bertz CT molecular complexity index is 630. The van der Waals surface area contributed by atoms with Crippen molar-refractivity contribution >= 4 is 27.2 Å². The molecule has 0 unspecified atom stereocenters. The summed E-state index contributed by atoms with van der Waals surface area (Å²) in [6.07, 6.45) is 4.97. The topological polar surface area (TPSA) is 64.7 Å². The summed E-state index contributed by atoms with van der Waals surface area (Å²) < 4.78 is 1.14. The van der Waals surface area contributed by atoms with E-state index < -0.39 is 0 Å². The van der Waals surface area contributed by atoms with Crippen LogP contribution in [0.1, 0.15) is 0 Å². The SMILES string of the molecule is Nc1cnc(-c2cnc3ccsc3c2)nc1. The molecule has 0 radical (unpaired) electrons. The van der Waals surface area contributed by atoms with E-state index >= 15 is 0 Å². The molecule has 3 heterocycles. The average molecular weight is 228 g/mol. The second-order valence-electron chi connectivity index (χ2n) is 3.37. The number of rotatable bonds is 1. The first kappa shape index (κ1) is 9.23. The Morgan fingerprint density at radius 1 is 1.06 bits per heavy atom. The van der Waals surface area contributed by atoms with Gasteiger partial charge in [-0.15, -0.1) is 11.3 Å². The maximum atomic E-state index is 5.54. The van der Waals surface area contributed by atoms with E-state index in [0.29, 0.717) is 11.5 Å². The van der Waals surface area contributed by atoms with Crippen LogP contribution in [0.3, 0.4) is 0 Å². The molecule has 0 amide bonds. The van der Waals surface area contributed by atoms with Crippen LogP contribution in [0.15, 0.2) is 36.1 Å². The number of nitrogens with two attached hydrogens (primary N) is 1. The monoisotopic (exact) mass is 228 g/mol. The number of aromatic nitrogens is 3. The number of thiophene rings is 1. The molecule has 0 atom stereocenters. The van der Waals surface area contributed by atoms with Crippen molar-refractivity contribution < 1.29 is 0 Å². The number of nitrogen functional groups attached to an aromatic ring is 1. The Morgan fingerprint density at radius 3 is 2.69 bits per heavy atom. The zero-order valence-electron chi connectivity index (χ0n) is 8.29. The van der Waals surface area contributed by atoms with Gasteiger partial charge < -0.3 is 5.73 Å². The standard InChI is InChI=1S/C11H8N4S/c12-8-5-14-11(15-6-8)7-3-10-9(13-4-7)1-2-16-10/h1-6H,12H2. The Kier molecular flexibility index (Phi) is 2.04. The first-order valence-electron chi connectivity index (χ1n) is 4.74. The fraction of sp³-hybridized carbons (Fsp3) is 0. The number of hydrogen-bond acceptors (Lipinski definition) is 5. The van der Waals surface area contributed by atoms with Gasteiger partial charge in [-0.05, 0) is 17.5 Å². The molecular weight excluding hydrogens is 220 g/mol. The van der Waals surface area contributed by atoms with Gasteiger partial charge in [0.15, 0.2) is 5.82 Å². The van der Waals surface area contributed by atoms with Gasteiger partial charge in [0.05, 0.1) is 28.3 Å². The molecule has 0 fully saturated rings. The molecule has 4 nitrogen and oxygen atoms in total. The molecule has 78 valence electrons. The van der Waals surface area contributed by atoms with Crippen LogP contribution in [0.5, 0.6) is 0 Å². The van der Waals surface area contributed by atoms with Crippen molar-refractivity contribution in [3.63, 3.8) is 0 Å². The number of hydrogen-bond donors (Lipinski definition) is 1. The fourth-order valence-electron chi connectivity index (χ4n) is 1.46. The highest BCUT2D eigenvalue weighted by Gasteiger charge is 2.03. The van der Waals surface area contributed by atoms with Gasteiger partial charge >= 0.3 is 0 Å².